The topological polar surface area (TPSA) is 41.8 Å². The summed E-state index contributed by atoms with van der Waals surface area (Å²) in [5.74, 6) is 0. The van der Waals surface area contributed by atoms with Crippen molar-refractivity contribution in [3.05, 3.63) is 35.5 Å². The number of aromatic amines is 1. The van der Waals surface area contributed by atoms with E-state index in [0.717, 1.165) is 6.07 Å². The van der Waals surface area contributed by atoms with Crippen molar-refractivity contribution in [2.75, 3.05) is 6.54 Å². The fourth-order valence-electron chi connectivity index (χ4n) is 1.84. The van der Waals surface area contributed by atoms with Crippen LogP contribution in [0.5, 0.6) is 0 Å². The molecule has 1 aromatic carbocycles. The largest absolute Gasteiger partial charge is 0.417 e. The number of H-pyrrole nitrogens is 1. The summed E-state index contributed by atoms with van der Waals surface area (Å²) in [5, 5.41) is 0.237. The fraction of sp³-hybridized carbons (Fsp3) is 0.273. The van der Waals surface area contributed by atoms with Crippen LogP contribution in [0.1, 0.15) is 11.1 Å². The third-order valence-corrected chi connectivity index (χ3v) is 2.51. The maximum Gasteiger partial charge on any atom is 0.417 e. The maximum absolute atomic E-state index is 12.8. The van der Waals surface area contributed by atoms with E-state index in [1.165, 1.54) is 6.07 Å². The molecule has 1 aromatic heterocycles. The number of rotatable bonds is 2. The van der Waals surface area contributed by atoms with E-state index in [1.54, 1.807) is 12.3 Å². The van der Waals surface area contributed by atoms with Gasteiger partial charge in [0, 0.05) is 17.1 Å². The zero-order valence-corrected chi connectivity index (χ0v) is 8.43. The summed E-state index contributed by atoms with van der Waals surface area (Å²) in [6, 6.07) is 4.12. The Morgan fingerprint density at radius 1 is 1.25 bits per heavy atom. The summed E-state index contributed by atoms with van der Waals surface area (Å²) in [6.07, 6.45) is -2.30. The van der Waals surface area contributed by atoms with E-state index in [1.807, 2.05) is 0 Å². The number of hydrogen-bond acceptors (Lipinski definition) is 1. The molecule has 0 unspecified atom stereocenters. The summed E-state index contributed by atoms with van der Waals surface area (Å²) in [4.78, 5) is 2.83. The Morgan fingerprint density at radius 2 is 2.00 bits per heavy atom. The molecule has 0 bridgehead atoms. The van der Waals surface area contributed by atoms with Crippen LogP contribution in [0.2, 0.25) is 0 Å². The van der Waals surface area contributed by atoms with Gasteiger partial charge in [0.2, 0.25) is 0 Å². The second kappa shape index (κ2) is 3.83. The van der Waals surface area contributed by atoms with Gasteiger partial charge in [-0.15, -0.1) is 0 Å². The molecule has 0 radical (unpaired) electrons. The van der Waals surface area contributed by atoms with Gasteiger partial charge in [-0.2, -0.15) is 13.2 Å². The molecular weight excluding hydrogens is 217 g/mol. The van der Waals surface area contributed by atoms with E-state index in [2.05, 4.69) is 4.98 Å². The molecule has 0 spiro atoms. The van der Waals surface area contributed by atoms with Gasteiger partial charge < -0.3 is 10.7 Å². The Bertz CT molecular complexity index is 499. The predicted molar refractivity (Wildman–Crippen MR) is 56.1 cm³/mol. The van der Waals surface area contributed by atoms with Crippen LogP contribution >= 0.6 is 0 Å². The summed E-state index contributed by atoms with van der Waals surface area (Å²) in [6.45, 7) is 0.332. The van der Waals surface area contributed by atoms with Crippen LogP contribution in [0.3, 0.4) is 0 Å². The standard InChI is InChI=1S/C11H11F3N2/c12-11(13,14)8-2-1-3-9-10(8)7(4-5-15)6-16-9/h1-3,6,16H,4-5,15H2. The van der Waals surface area contributed by atoms with Gasteiger partial charge in [-0.25, -0.2) is 0 Å². The van der Waals surface area contributed by atoms with Gasteiger partial charge in [0.25, 0.3) is 0 Å². The molecule has 86 valence electrons. The first-order valence-corrected chi connectivity index (χ1v) is 4.90. The molecule has 5 heteroatoms. The van der Waals surface area contributed by atoms with E-state index in [9.17, 15) is 13.2 Å². The molecule has 0 aliphatic rings. The lowest BCUT2D eigenvalue weighted by Crippen LogP contribution is -2.07. The minimum absolute atomic E-state index is 0.237. The van der Waals surface area contributed by atoms with Gasteiger partial charge >= 0.3 is 6.18 Å². The smallest absolute Gasteiger partial charge is 0.361 e. The Morgan fingerprint density at radius 3 is 2.62 bits per heavy atom. The maximum atomic E-state index is 12.8. The number of halogens is 3. The molecule has 2 nitrogen and oxygen atoms in total. The second-order valence-electron chi connectivity index (χ2n) is 3.58. The molecule has 2 aromatic rings. The molecule has 16 heavy (non-hydrogen) atoms. The van der Waals surface area contributed by atoms with E-state index in [4.69, 9.17) is 5.73 Å². The Kier molecular flexibility index (Phi) is 2.63. The zero-order valence-electron chi connectivity index (χ0n) is 8.43. The fourth-order valence-corrected chi connectivity index (χ4v) is 1.84. The van der Waals surface area contributed by atoms with Gasteiger partial charge in [-0.1, -0.05) is 6.07 Å². The summed E-state index contributed by atoms with van der Waals surface area (Å²) >= 11 is 0. The molecule has 0 saturated heterocycles. The molecule has 0 atom stereocenters. The number of nitrogens with one attached hydrogen (secondary N) is 1. The highest BCUT2D eigenvalue weighted by atomic mass is 19.4. The van der Waals surface area contributed by atoms with Crippen LogP contribution in [0.4, 0.5) is 13.2 Å². The molecule has 0 amide bonds. The molecule has 2 rings (SSSR count). The number of aromatic nitrogens is 1. The molecule has 0 fully saturated rings. The molecule has 1 heterocycles. The minimum atomic E-state index is -4.33. The number of benzene rings is 1. The van der Waals surface area contributed by atoms with Gasteiger partial charge in [-0.3, -0.25) is 0 Å². The van der Waals surface area contributed by atoms with Crippen molar-refractivity contribution in [2.24, 2.45) is 5.73 Å². The Balaban J connectivity index is 2.68. The van der Waals surface area contributed by atoms with Crippen molar-refractivity contribution >= 4 is 10.9 Å². The zero-order chi connectivity index (χ0) is 11.8. The van der Waals surface area contributed by atoms with Crippen molar-refractivity contribution in [2.45, 2.75) is 12.6 Å². The third kappa shape index (κ3) is 1.78. The molecule has 3 N–H and O–H groups in total. The Hall–Kier alpha value is -1.49. The first-order chi connectivity index (χ1) is 7.54. The summed E-state index contributed by atoms with van der Waals surface area (Å²) < 4.78 is 38.3. The average molecular weight is 228 g/mol. The van der Waals surface area contributed by atoms with Crippen molar-refractivity contribution < 1.29 is 13.2 Å². The van der Waals surface area contributed by atoms with E-state index in [-0.39, 0.29) is 5.39 Å². The van der Waals surface area contributed by atoms with E-state index >= 15 is 0 Å². The lowest BCUT2D eigenvalue weighted by Gasteiger charge is -2.09. The quantitative estimate of drug-likeness (QED) is 0.815. The number of nitrogens with two attached hydrogens (primary N) is 1. The Labute approximate surface area is 90.3 Å². The first-order valence-electron chi connectivity index (χ1n) is 4.90. The van der Waals surface area contributed by atoms with Crippen molar-refractivity contribution in [1.82, 2.24) is 4.98 Å². The summed E-state index contributed by atoms with van der Waals surface area (Å²) in [5.41, 5.74) is 5.89. The van der Waals surface area contributed by atoms with Crippen LogP contribution in [-0.2, 0) is 12.6 Å². The van der Waals surface area contributed by atoms with Crippen molar-refractivity contribution in [1.29, 1.82) is 0 Å². The molecular formula is C11H11F3N2. The van der Waals surface area contributed by atoms with Crippen LogP contribution in [0.15, 0.2) is 24.4 Å². The highest BCUT2D eigenvalue weighted by molar-refractivity contribution is 5.87. The molecule has 0 saturated carbocycles. The van der Waals surface area contributed by atoms with E-state index < -0.39 is 11.7 Å². The average Bonchev–Trinajstić information content (AvgIpc) is 2.61. The van der Waals surface area contributed by atoms with Gasteiger partial charge in [-0.05, 0) is 30.7 Å². The summed E-state index contributed by atoms with van der Waals surface area (Å²) in [7, 11) is 0. The van der Waals surface area contributed by atoms with Crippen LogP contribution in [0, 0.1) is 0 Å². The third-order valence-electron chi connectivity index (χ3n) is 2.51. The SMILES string of the molecule is NCCc1c[nH]c2cccc(C(F)(F)F)c12. The highest BCUT2D eigenvalue weighted by Gasteiger charge is 2.33. The van der Waals surface area contributed by atoms with Gasteiger partial charge in [0.05, 0.1) is 5.56 Å². The minimum Gasteiger partial charge on any atom is -0.361 e. The lowest BCUT2D eigenvalue weighted by molar-refractivity contribution is -0.136. The second-order valence-corrected chi connectivity index (χ2v) is 3.58. The number of hydrogen-bond donors (Lipinski definition) is 2. The first kappa shape index (κ1) is 11.0. The predicted octanol–water partition coefficient (Wildman–Crippen LogP) is 2.69. The number of fused-ring (bicyclic) bond motifs is 1. The van der Waals surface area contributed by atoms with Crippen LogP contribution in [-0.4, -0.2) is 11.5 Å². The lowest BCUT2D eigenvalue weighted by atomic mass is 10.0. The van der Waals surface area contributed by atoms with Crippen LogP contribution < -0.4 is 5.73 Å². The van der Waals surface area contributed by atoms with Crippen molar-refractivity contribution in [3.8, 4) is 0 Å². The molecule has 0 aliphatic heterocycles. The van der Waals surface area contributed by atoms with Gasteiger partial charge in [0.1, 0.15) is 0 Å². The van der Waals surface area contributed by atoms with Gasteiger partial charge in [0.15, 0.2) is 0 Å². The highest BCUT2D eigenvalue weighted by Crippen LogP contribution is 2.36. The van der Waals surface area contributed by atoms with Crippen LogP contribution in [0.25, 0.3) is 10.9 Å². The molecule has 0 aliphatic carbocycles. The normalized spacial score (nSPS) is 12.2. The van der Waals surface area contributed by atoms with E-state index in [0.29, 0.717) is 24.0 Å². The monoisotopic (exact) mass is 228 g/mol. The number of alkyl halides is 3. The van der Waals surface area contributed by atoms with Crippen molar-refractivity contribution in [3.63, 3.8) is 0 Å².